The highest BCUT2D eigenvalue weighted by Crippen LogP contribution is 2.43. The van der Waals surface area contributed by atoms with Gasteiger partial charge in [-0.1, -0.05) is 39.5 Å². The molecule has 0 spiro atoms. The number of nitrogens with two attached hydrogens (primary N) is 1. The second kappa shape index (κ2) is 6.04. The molecule has 1 heterocycles. The number of nitrogens with one attached hydrogen (secondary N) is 1. The molecule has 0 aromatic carbocycles. The molecule has 1 unspecified atom stereocenters. The summed E-state index contributed by atoms with van der Waals surface area (Å²) in [4.78, 5) is 12.2. The van der Waals surface area contributed by atoms with E-state index in [0.717, 1.165) is 17.9 Å². The first-order chi connectivity index (χ1) is 8.98. The summed E-state index contributed by atoms with van der Waals surface area (Å²) in [5.41, 5.74) is 5.25. The van der Waals surface area contributed by atoms with Gasteiger partial charge in [0, 0.05) is 11.8 Å². The van der Waals surface area contributed by atoms with E-state index in [-0.39, 0.29) is 11.3 Å². The number of thioether (sulfide) groups is 1. The van der Waals surface area contributed by atoms with Crippen molar-refractivity contribution < 1.29 is 4.79 Å². The Morgan fingerprint density at radius 2 is 1.84 bits per heavy atom. The van der Waals surface area contributed by atoms with E-state index in [4.69, 9.17) is 5.73 Å². The lowest BCUT2D eigenvalue weighted by Gasteiger charge is -2.49. The molecule has 1 saturated heterocycles. The molecule has 1 aliphatic carbocycles. The van der Waals surface area contributed by atoms with Gasteiger partial charge in [0.2, 0.25) is 5.91 Å². The van der Waals surface area contributed by atoms with Crippen LogP contribution in [0, 0.1) is 5.41 Å². The molecule has 0 aromatic heterocycles. The first kappa shape index (κ1) is 15.2. The summed E-state index contributed by atoms with van der Waals surface area (Å²) < 4.78 is 0. The van der Waals surface area contributed by atoms with E-state index in [1.165, 1.54) is 38.5 Å². The molecule has 1 saturated carbocycles. The Morgan fingerprint density at radius 1 is 1.21 bits per heavy atom. The third-order valence-corrected chi connectivity index (χ3v) is 6.20. The summed E-state index contributed by atoms with van der Waals surface area (Å²) in [5, 5.41) is 3.71. The average Bonchev–Trinajstić information content (AvgIpc) is 2.60. The van der Waals surface area contributed by atoms with Crippen molar-refractivity contribution in [3.8, 4) is 0 Å². The van der Waals surface area contributed by atoms with Crippen LogP contribution < -0.4 is 11.1 Å². The van der Waals surface area contributed by atoms with Crippen LogP contribution >= 0.6 is 11.8 Å². The predicted molar refractivity (Wildman–Crippen MR) is 82.3 cm³/mol. The van der Waals surface area contributed by atoms with Crippen LogP contribution in [0.25, 0.3) is 0 Å². The van der Waals surface area contributed by atoms with Crippen LogP contribution in [0.5, 0.6) is 0 Å². The SMILES string of the molecule is CC1(C)CCSCC1(NC1CCCCCC1)C(N)=O. The van der Waals surface area contributed by atoms with E-state index < -0.39 is 5.54 Å². The Hall–Kier alpha value is -0.220. The van der Waals surface area contributed by atoms with E-state index >= 15 is 0 Å². The fraction of sp³-hybridized carbons (Fsp3) is 0.933. The number of hydrogen-bond donors (Lipinski definition) is 2. The van der Waals surface area contributed by atoms with Crippen LogP contribution in [-0.2, 0) is 4.79 Å². The van der Waals surface area contributed by atoms with E-state index in [0.29, 0.717) is 6.04 Å². The van der Waals surface area contributed by atoms with E-state index in [1.54, 1.807) is 0 Å². The molecule has 2 fully saturated rings. The van der Waals surface area contributed by atoms with Gasteiger partial charge in [0.05, 0.1) is 0 Å². The maximum Gasteiger partial charge on any atom is 0.239 e. The quantitative estimate of drug-likeness (QED) is 0.783. The van der Waals surface area contributed by atoms with Crippen LogP contribution in [0.3, 0.4) is 0 Å². The van der Waals surface area contributed by atoms with Crippen molar-refractivity contribution in [2.75, 3.05) is 11.5 Å². The van der Waals surface area contributed by atoms with E-state index in [9.17, 15) is 4.79 Å². The van der Waals surface area contributed by atoms with Gasteiger partial charge in [-0.15, -0.1) is 0 Å². The second-order valence-electron chi connectivity index (χ2n) is 6.79. The van der Waals surface area contributed by atoms with Crippen molar-refractivity contribution in [3.63, 3.8) is 0 Å². The number of rotatable bonds is 3. The lowest BCUT2D eigenvalue weighted by molar-refractivity contribution is -0.129. The molecule has 2 aliphatic rings. The third kappa shape index (κ3) is 3.10. The van der Waals surface area contributed by atoms with Crippen molar-refractivity contribution in [3.05, 3.63) is 0 Å². The molecule has 0 bridgehead atoms. The summed E-state index contributed by atoms with van der Waals surface area (Å²) >= 11 is 1.86. The maximum atomic E-state index is 12.2. The lowest BCUT2D eigenvalue weighted by atomic mass is 9.69. The number of primary amides is 1. The molecule has 3 nitrogen and oxygen atoms in total. The molecular formula is C15H28N2OS. The number of carbonyl (C=O) groups excluding carboxylic acids is 1. The Kier molecular flexibility index (Phi) is 4.83. The van der Waals surface area contributed by atoms with Gasteiger partial charge in [0.25, 0.3) is 0 Å². The standard InChI is InChI=1S/C15H28N2OS/c1-14(2)9-10-19-11-15(14,13(16)18)17-12-7-5-3-4-6-8-12/h12,17H,3-11H2,1-2H3,(H2,16,18). The molecule has 1 atom stereocenters. The number of carbonyl (C=O) groups is 1. The van der Waals surface area contributed by atoms with Gasteiger partial charge in [0.15, 0.2) is 0 Å². The highest BCUT2D eigenvalue weighted by Gasteiger charge is 2.52. The highest BCUT2D eigenvalue weighted by atomic mass is 32.2. The normalized spacial score (nSPS) is 32.7. The van der Waals surface area contributed by atoms with E-state index in [2.05, 4.69) is 19.2 Å². The van der Waals surface area contributed by atoms with Gasteiger partial charge in [-0.25, -0.2) is 0 Å². The summed E-state index contributed by atoms with van der Waals surface area (Å²) in [5.74, 6) is 1.80. The fourth-order valence-corrected chi connectivity index (χ4v) is 5.17. The van der Waals surface area contributed by atoms with Crippen LogP contribution in [0.15, 0.2) is 0 Å². The van der Waals surface area contributed by atoms with Crippen molar-refractivity contribution in [2.24, 2.45) is 11.1 Å². The lowest BCUT2D eigenvalue weighted by Crippen LogP contribution is -2.69. The van der Waals surface area contributed by atoms with Crippen molar-refractivity contribution in [1.82, 2.24) is 5.32 Å². The molecule has 1 aliphatic heterocycles. The van der Waals surface area contributed by atoms with Crippen LogP contribution in [0.1, 0.15) is 58.8 Å². The molecule has 0 aromatic rings. The Labute approximate surface area is 121 Å². The molecule has 4 heteroatoms. The van der Waals surface area contributed by atoms with Crippen LogP contribution in [0.4, 0.5) is 0 Å². The molecule has 19 heavy (non-hydrogen) atoms. The summed E-state index contributed by atoms with van der Waals surface area (Å²) in [6, 6.07) is 0.466. The van der Waals surface area contributed by atoms with Gasteiger partial charge >= 0.3 is 0 Å². The van der Waals surface area contributed by atoms with Gasteiger partial charge in [-0.3, -0.25) is 10.1 Å². The van der Waals surface area contributed by atoms with Crippen molar-refractivity contribution in [1.29, 1.82) is 0 Å². The number of amides is 1. The van der Waals surface area contributed by atoms with Gasteiger partial charge < -0.3 is 5.73 Å². The third-order valence-electron chi connectivity index (χ3n) is 5.07. The monoisotopic (exact) mass is 284 g/mol. The summed E-state index contributed by atoms with van der Waals surface area (Å²) in [6.45, 7) is 4.39. The highest BCUT2D eigenvalue weighted by molar-refractivity contribution is 7.99. The minimum absolute atomic E-state index is 0.0453. The Morgan fingerprint density at radius 3 is 2.37 bits per heavy atom. The topological polar surface area (TPSA) is 55.1 Å². The smallest absolute Gasteiger partial charge is 0.239 e. The van der Waals surface area contributed by atoms with Gasteiger partial charge in [0.1, 0.15) is 5.54 Å². The zero-order valence-corrected chi connectivity index (χ0v) is 13.2. The predicted octanol–water partition coefficient (Wildman–Crippen LogP) is 2.69. The van der Waals surface area contributed by atoms with Crippen molar-refractivity contribution in [2.45, 2.75) is 70.4 Å². The van der Waals surface area contributed by atoms with Crippen LogP contribution in [0.2, 0.25) is 0 Å². The summed E-state index contributed by atoms with van der Waals surface area (Å²) in [7, 11) is 0. The molecule has 3 N–H and O–H groups in total. The Balaban J connectivity index is 2.16. The zero-order valence-electron chi connectivity index (χ0n) is 12.3. The fourth-order valence-electron chi connectivity index (χ4n) is 3.45. The second-order valence-corrected chi connectivity index (χ2v) is 7.89. The minimum Gasteiger partial charge on any atom is -0.368 e. The molecule has 1 amide bonds. The minimum atomic E-state index is -0.523. The molecule has 2 rings (SSSR count). The largest absolute Gasteiger partial charge is 0.368 e. The van der Waals surface area contributed by atoms with Gasteiger partial charge in [-0.05, 0) is 30.4 Å². The molecule has 110 valence electrons. The first-order valence-corrected chi connectivity index (χ1v) is 8.79. The number of hydrogen-bond acceptors (Lipinski definition) is 3. The van der Waals surface area contributed by atoms with Crippen LogP contribution in [-0.4, -0.2) is 29.0 Å². The molecule has 0 radical (unpaired) electrons. The van der Waals surface area contributed by atoms with Gasteiger partial charge in [-0.2, -0.15) is 11.8 Å². The van der Waals surface area contributed by atoms with Crippen molar-refractivity contribution >= 4 is 17.7 Å². The maximum absolute atomic E-state index is 12.2. The summed E-state index contributed by atoms with van der Waals surface area (Å²) in [6.07, 6.45) is 8.66. The Bertz CT molecular complexity index is 324. The first-order valence-electron chi connectivity index (χ1n) is 7.63. The van der Waals surface area contributed by atoms with E-state index in [1.807, 2.05) is 11.8 Å². The average molecular weight is 284 g/mol. The zero-order chi connectivity index (χ0) is 13.9. The molecular weight excluding hydrogens is 256 g/mol.